The molecule has 2 aromatic rings. The van der Waals surface area contributed by atoms with Gasteiger partial charge in [0.1, 0.15) is 0 Å². The van der Waals surface area contributed by atoms with Crippen LogP contribution in [0.5, 0.6) is 0 Å². The van der Waals surface area contributed by atoms with Gasteiger partial charge in [0.15, 0.2) is 0 Å². The maximum absolute atomic E-state index is 13.3. The molecule has 0 spiro atoms. The normalized spacial score (nSPS) is 15.9. The molecule has 1 amide bonds. The van der Waals surface area contributed by atoms with Crippen LogP contribution in [0.4, 0.5) is 0 Å². The van der Waals surface area contributed by atoms with Crippen LogP contribution >= 0.6 is 0 Å². The number of amides is 1. The molecule has 1 N–H and O–H groups in total. The molecule has 0 bridgehead atoms. The zero-order valence-corrected chi connectivity index (χ0v) is 19.1. The largest absolute Gasteiger partial charge is 0.351 e. The molecular formula is C23H31N3O3S. The van der Waals surface area contributed by atoms with E-state index in [4.69, 9.17) is 0 Å². The zero-order valence-electron chi connectivity index (χ0n) is 18.2. The lowest BCUT2D eigenvalue weighted by molar-refractivity contribution is -0.122. The Morgan fingerprint density at radius 1 is 0.933 bits per heavy atom. The molecule has 162 valence electrons. The number of carbonyl (C=O) groups excluding carboxylic acids is 1. The minimum absolute atomic E-state index is 0.0452. The van der Waals surface area contributed by atoms with Gasteiger partial charge in [0.2, 0.25) is 15.9 Å². The fourth-order valence-electron chi connectivity index (χ4n) is 3.88. The summed E-state index contributed by atoms with van der Waals surface area (Å²) in [6, 6.07) is 11.8. The van der Waals surface area contributed by atoms with E-state index >= 15 is 0 Å². The second kappa shape index (κ2) is 9.29. The molecule has 3 rings (SSSR count). The van der Waals surface area contributed by atoms with E-state index in [-0.39, 0.29) is 12.5 Å². The average molecular weight is 430 g/mol. The molecule has 0 aliphatic carbocycles. The predicted octanol–water partition coefficient (Wildman–Crippen LogP) is 2.54. The van der Waals surface area contributed by atoms with Crippen LogP contribution in [-0.2, 0) is 21.4 Å². The van der Waals surface area contributed by atoms with Gasteiger partial charge in [-0.05, 0) is 55.5 Å². The second-order valence-electron chi connectivity index (χ2n) is 8.03. The highest BCUT2D eigenvalue weighted by atomic mass is 32.2. The van der Waals surface area contributed by atoms with E-state index in [9.17, 15) is 13.2 Å². The number of aryl methyl sites for hydroxylation is 2. The van der Waals surface area contributed by atoms with Gasteiger partial charge in [-0.25, -0.2) is 8.42 Å². The van der Waals surface area contributed by atoms with Gasteiger partial charge in [-0.15, -0.1) is 0 Å². The third-order valence-corrected chi connectivity index (χ3v) is 8.10. The quantitative estimate of drug-likeness (QED) is 0.766. The molecule has 6 nitrogen and oxygen atoms in total. The van der Waals surface area contributed by atoms with Gasteiger partial charge < -0.3 is 5.32 Å². The Kier molecular flexibility index (Phi) is 6.95. The van der Waals surface area contributed by atoms with E-state index < -0.39 is 10.0 Å². The standard InChI is InChI=1S/C23H31N3O3S/c1-17-14-18(2)20(4)23(19(17)3)30(28,29)26-12-10-25(11-13-26)16-22(27)24-15-21-8-6-5-7-9-21/h5-9,14H,10-13,15-16H2,1-4H3,(H,24,27). The molecule has 0 radical (unpaired) electrons. The Bertz CT molecular complexity index is 985. The molecule has 30 heavy (non-hydrogen) atoms. The van der Waals surface area contributed by atoms with Crippen LogP contribution in [0.3, 0.4) is 0 Å². The van der Waals surface area contributed by atoms with Crippen LogP contribution in [0.25, 0.3) is 0 Å². The number of nitrogens with one attached hydrogen (secondary N) is 1. The number of piperazine rings is 1. The molecule has 7 heteroatoms. The third kappa shape index (κ3) is 4.91. The second-order valence-corrected chi connectivity index (χ2v) is 9.91. The Labute approximate surface area is 179 Å². The van der Waals surface area contributed by atoms with E-state index in [2.05, 4.69) is 5.32 Å². The van der Waals surface area contributed by atoms with E-state index in [1.54, 1.807) is 4.31 Å². The SMILES string of the molecule is Cc1cc(C)c(C)c(S(=O)(=O)N2CCN(CC(=O)NCc3ccccc3)CC2)c1C. The summed E-state index contributed by atoms with van der Waals surface area (Å²) < 4.78 is 28.3. The summed E-state index contributed by atoms with van der Waals surface area (Å²) in [5.74, 6) is -0.0452. The Morgan fingerprint density at radius 3 is 2.07 bits per heavy atom. The summed E-state index contributed by atoms with van der Waals surface area (Å²) in [6.45, 7) is 10.3. The number of sulfonamides is 1. The smallest absolute Gasteiger partial charge is 0.243 e. The van der Waals surface area contributed by atoms with Gasteiger partial charge >= 0.3 is 0 Å². The Balaban J connectivity index is 1.59. The first kappa shape index (κ1) is 22.5. The van der Waals surface area contributed by atoms with Crippen LogP contribution in [0.2, 0.25) is 0 Å². The summed E-state index contributed by atoms with van der Waals surface area (Å²) >= 11 is 0. The van der Waals surface area contributed by atoms with Gasteiger partial charge in [0, 0.05) is 32.7 Å². The molecule has 1 fully saturated rings. The van der Waals surface area contributed by atoms with Crippen LogP contribution in [-0.4, -0.2) is 56.3 Å². The lowest BCUT2D eigenvalue weighted by Gasteiger charge is -2.34. The van der Waals surface area contributed by atoms with Gasteiger partial charge in [-0.1, -0.05) is 36.4 Å². The van der Waals surface area contributed by atoms with Crippen molar-refractivity contribution in [3.05, 3.63) is 64.2 Å². The summed E-state index contributed by atoms with van der Waals surface area (Å²) in [5, 5.41) is 2.93. The monoisotopic (exact) mass is 429 g/mol. The van der Waals surface area contributed by atoms with Crippen molar-refractivity contribution in [2.24, 2.45) is 0 Å². The van der Waals surface area contributed by atoms with Gasteiger partial charge in [0.05, 0.1) is 11.4 Å². The highest BCUT2D eigenvalue weighted by molar-refractivity contribution is 7.89. The van der Waals surface area contributed by atoms with E-state index in [0.29, 0.717) is 37.6 Å². The van der Waals surface area contributed by atoms with Gasteiger partial charge in [-0.2, -0.15) is 4.31 Å². The van der Waals surface area contributed by atoms with Crippen LogP contribution in [0.1, 0.15) is 27.8 Å². The van der Waals surface area contributed by atoms with Crippen molar-refractivity contribution in [2.45, 2.75) is 39.1 Å². The van der Waals surface area contributed by atoms with Crippen molar-refractivity contribution in [1.82, 2.24) is 14.5 Å². The van der Waals surface area contributed by atoms with Crippen molar-refractivity contribution in [2.75, 3.05) is 32.7 Å². The molecule has 0 aromatic heterocycles. The first-order valence-electron chi connectivity index (χ1n) is 10.3. The molecule has 1 aliphatic heterocycles. The Hall–Kier alpha value is -2.22. The number of benzene rings is 2. The predicted molar refractivity (Wildman–Crippen MR) is 119 cm³/mol. The number of hydrogen-bond acceptors (Lipinski definition) is 4. The molecule has 1 saturated heterocycles. The van der Waals surface area contributed by atoms with Crippen molar-refractivity contribution in [1.29, 1.82) is 0 Å². The van der Waals surface area contributed by atoms with Crippen LogP contribution in [0, 0.1) is 27.7 Å². The minimum atomic E-state index is -3.56. The zero-order chi connectivity index (χ0) is 21.9. The van der Waals surface area contributed by atoms with Crippen molar-refractivity contribution >= 4 is 15.9 Å². The van der Waals surface area contributed by atoms with Crippen molar-refractivity contribution < 1.29 is 13.2 Å². The average Bonchev–Trinajstić information content (AvgIpc) is 2.72. The van der Waals surface area contributed by atoms with Gasteiger partial charge in [-0.3, -0.25) is 9.69 Å². The lowest BCUT2D eigenvalue weighted by atomic mass is 10.0. The first-order valence-corrected chi connectivity index (χ1v) is 11.7. The molecule has 1 aliphatic rings. The van der Waals surface area contributed by atoms with Gasteiger partial charge in [0.25, 0.3) is 0 Å². The van der Waals surface area contributed by atoms with Crippen molar-refractivity contribution in [3.8, 4) is 0 Å². The number of nitrogens with zero attached hydrogens (tertiary/aromatic N) is 2. The number of carbonyl (C=O) groups is 1. The summed E-state index contributed by atoms with van der Waals surface area (Å²) in [5.41, 5.74) is 4.68. The van der Waals surface area contributed by atoms with E-state index in [0.717, 1.165) is 27.8 Å². The van der Waals surface area contributed by atoms with E-state index in [1.807, 2.05) is 69.0 Å². The van der Waals surface area contributed by atoms with E-state index in [1.165, 1.54) is 0 Å². The highest BCUT2D eigenvalue weighted by Crippen LogP contribution is 2.29. The maximum Gasteiger partial charge on any atom is 0.243 e. The summed E-state index contributed by atoms with van der Waals surface area (Å²) in [7, 11) is -3.56. The van der Waals surface area contributed by atoms with Crippen molar-refractivity contribution in [3.63, 3.8) is 0 Å². The Morgan fingerprint density at radius 2 is 1.50 bits per heavy atom. The highest BCUT2D eigenvalue weighted by Gasteiger charge is 2.32. The minimum Gasteiger partial charge on any atom is -0.351 e. The number of hydrogen-bond donors (Lipinski definition) is 1. The number of rotatable bonds is 6. The molecular weight excluding hydrogens is 398 g/mol. The molecule has 2 aromatic carbocycles. The van der Waals surface area contributed by atoms with Crippen LogP contribution < -0.4 is 5.32 Å². The molecule has 0 atom stereocenters. The topological polar surface area (TPSA) is 69.7 Å². The molecule has 0 saturated carbocycles. The molecule has 1 heterocycles. The fraction of sp³-hybridized carbons (Fsp3) is 0.435. The fourth-order valence-corrected chi connectivity index (χ4v) is 5.88. The summed E-state index contributed by atoms with van der Waals surface area (Å²) in [6.07, 6.45) is 0. The summed E-state index contributed by atoms with van der Waals surface area (Å²) in [4.78, 5) is 14.7. The lowest BCUT2D eigenvalue weighted by Crippen LogP contribution is -2.51. The molecule has 0 unspecified atom stereocenters. The first-order chi connectivity index (χ1) is 14.2. The maximum atomic E-state index is 13.3. The third-order valence-electron chi connectivity index (χ3n) is 5.93. The van der Waals surface area contributed by atoms with Crippen LogP contribution in [0.15, 0.2) is 41.3 Å².